The van der Waals surface area contributed by atoms with Crippen LogP contribution in [-0.4, -0.2) is 22.3 Å². The molecule has 6 heteroatoms. The third-order valence-electron chi connectivity index (χ3n) is 4.85. The Balaban J connectivity index is 2.11. The molecule has 0 radical (unpaired) electrons. The van der Waals surface area contributed by atoms with Gasteiger partial charge in [-0.2, -0.15) is 5.26 Å². The summed E-state index contributed by atoms with van der Waals surface area (Å²) in [6.45, 7) is 5.87. The molecule has 1 aliphatic heterocycles. The molecule has 1 aromatic carbocycles. The SMILES string of the molecule is CCC(=NC)C1=C(C)OC(N)=C(C#N)C1c1ccc(-n2ccnc2C)cc1. The van der Waals surface area contributed by atoms with Gasteiger partial charge >= 0.3 is 0 Å². The van der Waals surface area contributed by atoms with Crippen LogP contribution in [0.4, 0.5) is 0 Å². The van der Waals surface area contributed by atoms with Gasteiger partial charge in [0.25, 0.3) is 0 Å². The van der Waals surface area contributed by atoms with E-state index in [-0.39, 0.29) is 11.8 Å². The van der Waals surface area contributed by atoms with Crippen molar-refractivity contribution in [1.82, 2.24) is 9.55 Å². The number of aliphatic imine (C=N–C) groups is 1. The maximum Gasteiger partial charge on any atom is 0.205 e. The van der Waals surface area contributed by atoms with Gasteiger partial charge in [0, 0.05) is 36.4 Å². The van der Waals surface area contributed by atoms with E-state index in [9.17, 15) is 5.26 Å². The van der Waals surface area contributed by atoms with Crippen LogP contribution in [0.3, 0.4) is 0 Å². The van der Waals surface area contributed by atoms with Gasteiger partial charge in [0.15, 0.2) is 0 Å². The highest BCUT2D eigenvalue weighted by Crippen LogP contribution is 2.40. The zero-order chi connectivity index (χ0) is 19.6. The monoisotopic (exact) mass is 361 g/mol. The number of allylic oxidation sites excluding steroid dienone is 3. The first-order valence-electron chi connectivity index (χ1n) is 8.86. The highest BCUT2D eigenvalue weighted by molar-refractivity contribution is 6.02. The summed E-state index contributed by atoms with van der Waals surface area (Å²) in [6, 6.07) is 10.3. The van der Waals surface area contributed by atoms with Crippen LogP contribution in [0.1, 0.15) is 37.6 Å². The van der Waals surface area contributed by atoms with Gasteiger partial charge in [-0.15, -0.1) is 0 Å². The summed E-state index contributed by atoms with van der Waals surface area (Å²) in [5.74, 6) is 1.47. The summed E-state index contributed by atoms with van der Waals surface area (Å²) >= 11 is 0. The highest BCUT2D eigenvalue weighted by atomic mass is 16.5. The van der Waals surface area contributed by atoms with Gasteiger partial charge in [0.05, 0.1) is 5.92 Å². The average Bonchev–Trinajstić information content (AvgIpc) is 3.10. The Labute approximate surface area is 159 Å². The Hall–Kier alpha value is -3.33. The van der Waals surface area contributed by atoms with Gasteiger partial charge < -0.3 is 15.0 Å². The second kappa shape index (κ2) is 7.50. The van der Waals surface area contributed by atoms with Crippen molar-refractivity contribution in [2.45, 2.75) is 33.1 Å². The number of rotatable bonds is 4. The second-order valence-electron chi connectivity index (χ2n) is 6.35. The molecule has 3 rings (SSSR count). The Morgan fingerprint density at radius 2 is 2.04 bits per heavy atom. The van der Waals surface area contributed by atoms with Crippen LogP contribution >= 0.6 is 0 Å². The molecule has 0 saturated heterocycles. The fourth-order valence-electron chi connectivity index (χ4n) is 3.53. The predicted octanol–water partition coefficient (Wildman–Crippen LogP) is 3.74. The molecule has 0 aliphatic carbocycles. The van der Waals surface area contributed by atoms with Crippen molar-refractivity contribution in [1.29, 1.82) is 5.26 Å². The summed E-state index contributed by atoms with van der Waals surface area (Å²) in [7, 11) is 1.76. The molecule has 0 spiro atoms. The molecule has 2 N–H and O–H groups in total. The van der Waals surface area contributed by atoms with E-state index in [1.165, 1.54) is 0 Å². The first kappa shape index (κ1) is 18.5. The van der Waals surface area contributed by atoms with E-state index >= 15 is 0 Å². The zero-order valence-electron chi connectivity index (χ0n) is 16.0. The molecule has 1 unspecified atom stereocenters. The third kappa shape index (κ3) is 3.24. The lowest BCUT2D eigenvalue weighted by Crippen LogP contribution is -2.24. The van der Waals surface area contributed by atoms with Crippen LogP contribution in [0.15, 0.2) is 64.4 Å². The molecule has 1 aromatic heterocycles. The molecular formula is C21H23N5O. The number of aryl methyl sites for hydroxylation is 1. The molecule has 0 bridgehead atoms. The number of benzene rings is 1. The van der Waals surface area contributed by atoms with Crippen LogP contribution in [0, 0.1) is 18.3 Å². The molecule has 2 aromatic rings. The van der Waals surface area contributed by atoms with E-state index in [0.29, 0.717) is 11.3 Å². The first-order chi connectivity index (χ1) is 13.0. The largest absolute Gasteiger partial charge is 0.445 e. The molecule has 6 nitrogen and oxygen atoms in total. The number of ether oxygens (including phenoxy) is 1. The van der Waals surface area contributed by atoms with Gasteiger partial charge in [-0.05, 0) is 38.0 Å². The van der Waals surface area contributed by atoms with Crippen molar-refractivity contribution in [2.24, 2.45) is 10.7 Å². The number of nitrogens with two attached hydrogens (primary N) is 1. The predicted molar refractivity (Wildman–Crippen MR) is 105 cm³/mol. The van der Waals surface area contributed by atoms with E-state index in [4.69, 9.17) is 10.5 Å². The fraction of sp³-hybridized carbons (Fsp3) is 0.286. The lowest BCUT2D eigenvalue weighted by Gasteiger charge is -2.29. The van der Waals surface area contributed by atoms with E-state index in [2.05, 4.69) is 16.0 Å². The normalized spacial score (nSPS) is 17.7. The van der Waals surface area contributed by atoms with Crippen molar-refractivity contribution in [3.8, 4) is 11.8 Å². The number of nitrogens with zero attached hydrogens (tertiary/aromatic N) is 4. The summed E-state index contributed by atoms with van der Waals surface area (Å²) < 4.78 is 7.67. The Morgan fingerprint density at radius 3 is 2.56 bits per heavy atom. The Bertz CT molecular complexity index is 986. The van der Waals surface area contributed by atoms with Crippen molar-refractivity contribution < 1.29 is 4.74 Å². The van der Waals surface area contributed by atoms with Crippen LogP contribution in [0.5, 0.6) is 0 Å². The summed E-state index contributed by atoms with van der Waals surface area (Å²) in [6.07, 6.45) is 4.44. The maximum atomic E-state index is 9.72. The molecule has 0 fully saturated rings. The minimum Gasteiger partial charge on any atom is -0.445 e. The number of aromatic nitrogens is 2. The van der Waals surface area contributed by atoms with Gasteiger partial charge in [0.1, 0.15) is 23.2 Å². The Kier molecular flexibility index (Phi) is 5.13. The van der Waals surface area contributed by atoms with Crippen molar-refractivity contribution in [2.75, 3.05) is 7.05 Å². The second-order valence-corrected chi connectivity index (χ2v) is 6.35. The highest BCUT2D eigenvalue weighted by Gasteiger charge is 2.33. The zero-order valence-corrected chi connectivity index (χ0v) is 16.0. The van der Waals surface area contributed by atoms with Crippen LogP contribution in [-0.2, 0) is 4.74 Å². The Morgan fingerprint density at radius 1 is 1.33 bits per heavy atom. The quantitative estimate of drug-likeness (QED) is 0.840. The molecule has 2 heterocycles. The van der Waals surface area contributed by atoms with Crippen molar-refractivity contribution >= 4 is 5.71 Å². The van der Waals surface area contributed by atoms with Gasteiger partial charge in [0.2, 0.25) is 5.88 Å². The van der Waals surface area contributed by atoms with E-state index in [1.807, 2.05) is 55.8 Å². The van der Waals surface area contributed by atoms with Crippen LogP contribution < -0.4 is 5.73 Å². The van der Waals surface area contributed by atoms with Crippen molar-refractivity contribution in [3.63, 3.8) is 0 Å². The minimum absolute atomic E-state index is 0.157. The summed E-state index contributed by atoms with van der Waals surface area (Å²) in [5, 5.41) is 9.72. The number of hydrogen-bond acceptors (Lipinski definition) is 5. The van der Waals surface area contributed by atoms with Crippen LogP contribution in [0.2, 0.25) is 0 Å². The van der Waals surface area contributed by atoms with E-state index in [0.717, 1.165) is 34.8 Å². The van der Waals surface area contributed by atoms with E-state index < -0.39 is 0 Å². The average molecular weight is 361 g/mol. The molecule has 138 valence electrons. The minimum atomic E-state index is -0.291. The molecular weight excluding hydrogens is 338 g/mol. The first-order valence-corrected chi connectivity index (χ1v) is 8.86. The van der Waals surface area contributed by atoms with Gasteiger partial charge in [-0.3, -0.25) is 4.99 Å². The van der Waals surface area contributed by atoms with Crippen molar-refractivity contribution in [3.05, 3.63) is 70.8 Å². The number of nitriles is 1. The maximum absolute atomic E-state index is 9.72. The fourth-order valence-corrected chi connectivity index (χ4v) is 3.53. The molecule has 1 atom stereocenters. The molecule has 27 heavy (non-hydrogen) atoms. The van der Waals surface area contributed by atoms with Gasteiger partial charge in [-0.1, -0.05) is 19.1 Å². The molecule has 0 saturated carbocycles. The van der Waals surface area contributed by atoms with Gasteiger partial charge in [-0.25, -0.2) is 4.98 Å². The third-order valence-corrected chi connectivity index (χ3v) is 4.85. The molecule has 1 aliphatic rings. The molecule has 0 amide bonds. The number of hydrogen-bond donors (Lipinski definition) is 1. The topological polar surface area (TPSA) is 89.2 Å². The summed E-state index contributed by atoms with van der Waals surface area (Å²) in [5.41, 5.74) is 10.3. The standard InChI is InChI=1S/C21H23N5O/c1-5-18(24-4)19-13(2)27-21(23)17(12-22)20(19)15-6-8-16(9-7-15)26-11-10-25-14(26)3/h6-11,20H,5,23H2,1-4H3. The smallest absolute Gasteiger partial charge is 0.205 e. The lowest BCUT2D eigenvalue weighted by molar-refractivity contribution is 0.283. The van der Waals surface area contributed by atoms with Crippen LogP contribution in [0.25, 0.3) is 5.69 Å². The van der Waals surface area contributed by atoms with E-state index in [1.54, 1.807) is 13.2 Å². The number of imidazole rings is 1. The lowest BCUT2D eigenvalue weighted by atomic mass is 9.80. The summed E-state index contributed by atoms with van der Waals surface area (Å²) in [4.78, 5) is 8.68.